The third-order valence-corrected chi connectivity index (χ3v) is 0. The summed E-state index contributed by atoms with van der Waals surface area (Å²) in [5.41, 5.74) is 4.50. The highest BCUT2D eigenvalue weighted by Crippen LogP contribution is 1.56. The SMILES string of the molecule is CC.CC.CCC.CN. The maximum atomic E-state index is 4.50. The summed E-state index contributed by atoms with van der Waals surface area (Å²) in [7, 11) is 1.50. The van der Waals surface area contributed by atoms with E-state index in [1.54, 1.807) is 0 Å². The molecule has 0 aromatic rings. The molecule has 0 aliphatic rings. The Morgan fingerprint density at radius 2 is 0.778 bits per heavy atom. The van der Waals surface area contributed by atoms with E-state index >= 15 is 0 Å². The van der Waals surface area contributed by atoms with Crippen LogP contribution < -0.4 is 5.73 Å². The van der Waals surface area contributed by atoms with Gasteiger partial charge in [0, 0.05) is 0 Å². The van der Waals surface area contributed by atoms with Crippen LogP contribution in [0.1, 0.15) is 48.0 Å². The first-order valence-corrected chi connectivity index (χ1v) is 3.99. The minimum atomic E-state index is 1.25. The molecule has 62 valence electrons. The molecule has 0 aliphatic carbocycles. The van der Waals surface area contributed by atoms with Crippen LogP contribution in [0, 0.1) is 0 Å². The summed E-state index contributed by atoms with van der Waals surface area (Å²) < 4.78 is 0. The zero-order valence-electron chi connectivity index (χ0n) is 8.28. The molecule has 2 N–H and O–H groups in total. The van der Waals surface area contributed by atoms with Gasteiger partial charge in [0.05, 0.1) is 0 Å². The van der Waals surface area contributed by atoms with E-state index in [4.69, 9.17) is 0 Å². The molecule has 9 heavy (non-hydrogen) atoms. The fraction of sp³-hybridized carbons (Fsp3) is 1.00. The predicted octanol–water partition coefficient (Wildman–Crippen LogP) is 3.04. The molecule has 0 rings (SSSR count). The van der Waals surface area contributed by atoms with Gasteiger partial charge in [-0.2, -0.15) is 0 Å². The lowest BCUT2D eigenvalue weighted by atomic mass is 10.6. The van der Waals surface area contributed by atoms with Crippen molar-refractivity contribution in [2.24, 2.45) is 5.73 Å². The zero-order valence-corrected chi connectivity index (χ0v) is 8.28. The lowest BCUT2D eigenvalue weighted by Gasteiger charge is -1.48. The molecule has 0 saturated carbocycles. The first-order chi connectivity index (χ1) is 4.41. The largest absolute Gasteiger partial charge is 0.333 e. The van der Waals surface area contributed by atoms with Crippen LogP contribution in [0.25, 0.3) is 0 Å². The lowest BCUT2D eigenvalue weighted by molar-refractivity contribution is 1.09. The van der Waals surface area contributed by atoms with Crippen molar-refractivity contribution < 1.29 is 0 Å². The fourth-order valence-electron chi connectivity index (χ4n) is 0. The van der Waals surface area contributed by atoms with Crippen molar-refractivity contribution in [2.75, 3.05) is 7.05 Å². The van der Waals surface area contributed by atoms with Gasteiger partial charge in [-0.3, -0.25) is 0 Å². The van der Waals surface area contributed by atoms with Crippen LogP contribution in [0.5, 0.6) is 0 Å². The summed E-state index contributed by atoms with van der Waals surface area (Å²) in [5, 5.41) is 0. The molecule has 0 heterocycles. The van der Waals surface area contributed by atoms with Crippen molar-refractivity contribution in [2.45, 2.75) is 48.0 Å². The van der Waals surface area contributed by atoms with E-state index in [2.05, 4.69) is 19.6 Å². The Bertz CT molecular complexity index is 4.53. The molecule has 1 heteroatoms. The van der Waals surface area contributed by atoms with Crippen LogP contribution in [-0.2, 0) is 0 Å². The molecule has 0 atom stereocenters. The van der Waals surface area contributed by atoms with Crippen molar-refractivity contribution in [1.82, 2.24) is 0 Å². The van der Waals surface area contributed by atoms with Gasteiger partial charge in [0.2, 0.25) is 0 Å². The monoisotopic (exact) mass is 135 g/mol. The second-order valence-corrected chi connectivity index (χ2v) is 0.707. The molecule has 0 unspecified atom stereocenters. The lowest BCUT2D eigenvalue weighted by Crippen LogP contribution is -1.69. The summed E-state index contributed by atoms with van der Waals surface area (Å²) in [6.45, 7) is 12.2. The fourth-order valence-corrected chi connectivity index (χ4v) is 0. The van der Waals surface area contributed by atoms with Gasteiger partial charge in [0.15, 0.2) is 0 Å². The van der Waals surface area contributed by atoms with Crippen LogP contribution in [0.15, 0.2) is 0 Å². The van der Waals surface area contributed by atoms with E-state index in [-0.39, 0.29) is 0 Å². The minimum Gasteiger partial charge on any atom is -0.333 e. The molecule has 1 nitrogen and oxygen atoms in total. The van der Waals surface area contributed by atoms with Gasteiger partial charge >= 0.3 is 0 Å². The Balaban J connectivity index is -0.0000000190. The van der Waals surface area contributed by atoms with Gasteiger partial charge in [-0.05, 0) is 7.05 Å². The van der Waals surface area contributed by atoms with Crippen molar-refractivity contribution in [3.63, 3.8) is 0 Å². The average Bonchev–Trinajstić information content (AvgIpc) is 2.01. The number of rotatable bonds is 0. The van der Waals surface area contributed by atoms with Crippen molar-refractivity contribution in [3.05, 3.63) is 0 Å². The van der Waals surface area contributed by atoms with Crippen LogP contribution >= 0.6 is 0 Å². The molecule has 0 saturated heterocycles. The summed E-state index contributed by atoms with van der Waals surface area (Å²) in [6.07, 6.45) is 1.25. The second-order valence-electron chi connectivity index (χ2n) is 0.707. The first-order valence-electron chi connectivity index (χ1n) is 3.99. The Kier molecular flexibility index (Phi) is 1070. The molecule has 0 amide bonds. The third kappa shape index (κ3) is 177000. The van der Waals surface area contributed by atoms with Gasteiger partial charge in [-0.25, -0.2) is 0 Å². The Morgan fingerprint density at radius 1 is 0.778 bits per heavy atom. The smallest absolute Gasteiger partial charge is 0.0195 e. The molecule has 0 bridgehead atoms. The number of hydrogen-bond acceptors (Lipinski definition) is 1. The van der Waals surface area contributed by atoms with Crippen molar-refractivity contribution in [3.8, 4) is 0 Å². The Morgan fingerprint density at radius 3 is 0.778 bits per heavy atom. The summed E-state index contributed by atoms with van der Waals surface area (Å²) in [4.78, 5) is 0. The highest BCUT2D eigenvalue weighted by Gasteiger charge is 1.35. The van der Waals surface area contributed by atoms with Crippen molar-refractivity contribution >= 4 is 0 Å². The topological polar surface area (TPSA) is 26.0 Å². The Labute approximate surface area is 61.7 Å². The average molecular weight is 135 g/mol. The zero-order chi connectivity index (χ0) is 8.71. The van der Waals surface area contributed by atoms with Gasteiger partial charge in [-0.1, -0.05) is 48.0 Å². The molecular formula is C8H25N. The minimum absolute atomic E-state index is 1.25. The summed E-state index contributed by atoms with van der Waals surface area (Å²) in [6, 6.07) is 0. The standard InChI is InChI=1S/C3H8.2C2H6.CH5N/c1-3-2;3*1-2/h3H2,1-2H3;2*1-2H3;2H2,1H3. The quantitative estimate of drug-likeness (QED) is 0.543. The van der Waals surface area contributed by atoms with E-state index < -0.39 is 0 Å². The van der Waals surface area contributed by atoms with Gasteiger partial charge in [0.1, 0.15) is 0 Å². The summed E-state index contributed by atoms with van der Waals surface area (Å²) >= 11 is 0. The normalized spacial score (nSPS) is 4.00. The molecular weight excluding hydrogens is 110 g/mol. The molecule has 0 aromatic heterocycles. The van der Waals surface area contributed by atoms with Crippen LogP contribution in [0.4, 0.5) is 0 Å². The second kappa shape index (κ2) is 418. The summed E-state index contributed by atoms with van der Waals surface area (Å²) in [5.74, 6) is 0. The maximum absolute atomic E-state index is 4.50. The Hall–Kier alpha value is -0.0400. The van der Waals surface area contributed by atoms with E-state index in [1.807, 2.05) is 27.7 Å². The number of hydrogen-bond donors (Lipinski definition) is 1. The predicted molar refractivity (Wildman–Crippen MR) is 48.8 cm³/mol. The third-order valence-electron chi connectivity index (χ3n) is 0. The molecule has 0 aromatic carbocycles. The van der Waals surface area contributed by atoms with Gasteiger partial charge < -0.3 is 5.73 Å². The highest BCUT2D eigenvalue weighted by molar-refractivity contribution is 3.92. The van der Waals surface area contributed by atoms with Crippen LogP contribution in [0.3, 0.4) is 0 Å². The van der Waals surface area contributed by atoms with E-state index in [0.29, 0.717) is 0 Å². The molecule has 0 fully saturated rings. The molecule has 0 spiro atoms. The van der Waals surface area contributed by atoms with E-state index in [0.717, 1.165) is 0 Å². The molecule has 0 radical (unpaired) electrons. The van der Waals surface area contributed by atoms with E-state index in [9.17, 15) is 0 Å². The van der Waals surface area contributed by atoms with Crippen molar-refractivity contribution in [1.29, 1.82) is 0 Å². The first kappa shape index (κ1) is 23.1. The van der Waals surface area contributed by atoms with Crippen LogP contribution in [0.2, 0.25) is 0 Å². The number of nitrogens with two attached hydrogens (primary N) is 1. The highest BCUT2D eigenvalue weighted by atomic mass is 14.4. The van der Waals surface area contributed by atoms with Gasteiger partial charge in [-0.15, -0.1) is 0 Å². The van der Waals surface area contributed by atoms with Crippen LogP contribution in [-0.4, -0.2) is 7.05 Å². The van der Waals surface area contributed by atoms with Gasteiger partial charge in [0.25, 0.3) is 0 Å². The maximum Gasteiger partial charge on any atom is -0.0195 e. The van der Waals surface area contributed by atoms with E-state index in [1.165, 1.54) is 13.5 Å². The molecule has 0 aliphatic heterocycles.